The van der Waals surface area contributed by atoms with Gasteiger partial charge in [-0.05, 0) is 37.0 Å². The van der Waals surface area contributed by atoms with Crippen LogP contribution in [0, 0.1) is 5.82 Å². The highest BCUT2D eigenvalue weighted by molar-refractivity contribution is 5.88. The van der Waals surface area contributed by atoms with Gasteiger partial charge in [0.2, 0.25) is 0 Å². The van der Waals surface area contributed by atoms with Crippen molar-refractivity contribution in [1.82, 2.24) is 0 Å². The van der Waals surface area contributed by atoms with Gasteiger partial charge in [-0.1, -0.05) is 12.1 Å². The van der Waals surface area contributed by atoms with Crippen molar-refractivity contribution in [3.8, 4) is 0 Å². The van der Waals surface area contributed by atoms with Gasteiger partial charge >= 0.3 is 5.97 Å². The summed E-state index contributed by atoms with van der Waals surface area (Å²) < 4.78 is 13.6. The average Bonchev–Trinajstić information content (AvgIpc) is 2.70. The number of carbonyl (C=O) groups is 1. The number of hydrogen-bond donors (Lipinski definition) is 1. The van der Waals surface area contributed by atoms with Gasteiger partial charge in [0, 0.05) is 5.56 Å². The van der Waals surface area contributed by atoms with Crippen LogP contribution in [-0.2, 0) is 0 Å². The normalized spacial score (nSPS) is 15.1. The summed E-state index contributed by atoms with van der Waals surface area (Å²) in [6.45, 7) is 0. The minimum atomic E-state index is -1.10. The lowest BCUT2D eigenvalue weighted by molar-refractivity contribution is 0.0696. The first kappa shape index (κ1) is 9.90. The highest BCUT2D eigenvalue weighted by atomic mass is 19.1. The molecular weight excluding hydrogens is 195 g/mol. The molecular formula is C12H11FO2. The van der Waals surface area contributed by atoms with E-state index in [1.165, 1.54) is 6.07 Å². The van der Waals surface area contributed by atoms with Crippen LogP contribution in [0.2, 0.25) is 0 Å². The van der Waals surface area contributed by atoms with Gasteiger partial charge in [0.25, 0.3) is 0 Å². The predicted octanol–water partition coefficient (Wildman–Crippen LogP) is 3.09. The molecule has 0 fully saturated rings. The first-order valence-corrected chi connectivity index (χ1v) is 4.91. The van der Waals surface area contributed by atoms with E-state index in [9.17, 15) is 9.18 Å². The van der Waals surface area contributed by atoms with E-state index in [1.54, 1.807) is 6.07 Å². The van der Waals surface area contributed by atoms with Crippen molar-refractivity contribution >= 4 is 11.5 Å². The molecule has 1 aliphatic rings. The van der Waals surface area contributed by atoms with Crippen LogP contribution in [0.15, 0.2) is 24.3 Å². The van der Waals surface area contributed by atoms with Gasteiger partial charge in [0.1, 0.15) is 5.82 Å². The molecule has 0 amide bonds. The lowest BCUT2D eigenvalue weighted by Gasteiger charge is -2.04. The summed E-state index contributed by atoms with van der Waals surface area (Å²) in [7, 11) is 0. The molecule has 0 radical (unpaired) electrons. The van der Waals surface area contributed by atoms with Gasteiger partial charge < -0.3 is 5.11 Å². The Bertz CT molecular complexity index is 435. The molecule has 0 aromatic heterocycles. The van der Waals surface area contributed by atoms with E-state index in [-0.39, 0.29) is 5.56 Å². The van der Waals surface area contributed by atoms with Crippen LogP contribution < -0.4 is 0 Å². The molecule has 1 aromatic rings. The second kappa shape index (κ2) is 3.85. The molecule has 0 unspecified atom stereocenters. The number of allylic oxidation sites excluding steroid dienone is 2. The molecule has 1 aliphatic carbocycles. The second-order valence-corrected chi connectivity index (χ2v) is 3.62. The summed E-state index contributed by atoms with van der Waals surface area (Å²) in [5.74, 6) is -1.54. The first-order chi connectivity index (χ1) is 7.18. The highest BCUT2D eigenvalue weighted by Crippen LogP contribution is 2.29. The fourth-order valence-electron chi connectivity index (χ4n) is 1.82. The van der Waals surface area contributed by atoms with Gasteiger partial charge in [-0.25, -0.2) is 9.18 Å². The third-order valence-corrected chi connectivity index (χ3v) is 2.60. The van der Waals surface area contributed by atoms with Gasteiger partial charge in [0.15, 0.2) is 0 Å². The second-order valence-electron chi connectivity index (χ2n) is 3.62. The van der Waals surface area contributed by atoms with Crippen molar-refractivity contribution in [2.45, 2.75) is 19.3 Å². The summed E-state index contributed by atoms with van der Waals surface area (Å²) in [5.41, 5.74) is 1.52. The van der Waals surface area contributed by atoms with Gasteiger partial charge in [-0.15, -0.1) is 0 Å². The van der Waals surface area contributed by atoms with Crippen LogP contribution >= 0.6 is 0 Å². The fraction of sp³-hybridized carbons (Fsp3) is 0.250. The van der Waals surface area contributed by atoms with Crippen LogP contribution in [0.1, 0.15) is 35.2 Å². The molecule has 0 atom stereocenters. The van der Waals surface area contributed by atoms with E-state index in [1.807, 2.05) is 6.08 Å². The van der Waals surface area contributed by atoms with Gasteiger partial charge in [0.05, 0.1) is 5.56 Å². The summed E-state index contributed by atoms with van der Waals surface area (Å²) in [6, 6.07) is 4.08. The van der Waals surface area contributed by atoms with Crippen molar-refractivity contribution < 1.29 is 14.3 Å². The highest BCUT2D eigenvalue weighted by Gasteiger charge is 2.13. The quantitative estimate of drug-likeness (QED) is 0.807. The van der Waals surface area contributed by atoms with Gasteiger partial charge in [-0.2, -0.15) is 0 Å². The number of hydrogen-bond acceptors (Lipinski definition) is 1. The molecule has 1 N–H and O–H groups in total. The smallest absolute Gasteiger partial charge is 0.335 e. The molecule has 15 heavy (non-hydrogen) atoms. The van der Waals surface area contributed by atoms with Crippen molar-refractivity contribution in [2.24, 2.45) is 0 Å². The maximum atomic E-state index is 13.6. The number of aromatic carboxylic acids is 1. The zero-order chi connectivity index (χ0) is 10.8. The molecule has 0 aliphatic heterocycles. The third-order valence-electron chi connectivity index (χ3n) is 2.60. The van der Waals surface area contributed by atoms with Crippen LogP contribution in [0.25, 0.3) is 5.57 Å². The topological polar surface area (TPSA) is 37.3 Å². The fourth-order valence-corrected chi connectivity index (χ4v) is 1.82. The van der Waals surface area contributed by atoms with Crippen LogP contribution in [-0.4, -0.2) is 11.1 Å². The SMILES string of the molecule is O=C(O)c1ccc(C2=CCCC2)c(F)c1. The zero-order valence-electron chi connectivity index (χ0n) is 8.16. The molecule has 0 heterocycles. The average molecular weight is 206 g/mol. The van der Waals surface area contributed by atoms with E-state index < -0.39 is 11.8 Å². The van der Waals surface area contributed by atoms with Crippen LogP contribution in [0.3, 0.4) is 0 Å². The zero-order valence-corrected chi connectivity index (χ0v) is 8.16. The number of rotatable bonds is 2. The molecule has 0 spiro atoms. The Kier molecular flexibility index (Phi) is 2.54. The Morgan fingerprint density at radius 3 is 2.73 bits per heavy atom. The summed E-state index contributed by atoms with van der Waals surface area (Å²) in [5, 5.41) is 8.68. The number of carboxylic acids is 1. The third kappa shape index (κ3) is 1.91. The number of halogens is 1. The number of carboxylic acid groups (broad SMARTS) is 1. The summed E-state index contributed by atoms with van der Waals surface area (Å²) in [4.78, 5) is 10.6. The van der Waals surface area contributed by atoms with Crippen molar-refractivity contribution in [3.05, 3.63) is 41.2 Å². The Hall–Kier alpha value is -1.64. The van der Waals surface area contributed by atoms with Crippen LogP contribution in [0.5, 0.6) is 0 Å². The monoisotopic (exact) mass is 206 g/mol. The molecule has 1 aromatic carbocycles. The first-order valence-electron chi connectivity index (χ1n) is 4.91. The molecule has 2 nitrogen and oxygen atoms in total. The number of benzene rings is 1. The van der Waals surface area contributed by atoms with Crippen molar-refractivity contribution in [1.29, 1.82) is 0 Å². The Morgan fingerprint density at radius 1 is 1.40 bits per heavy atom. The Labute approximate surface area is 87.0 Å². The van der Waals surface area contributed by atoms with E-state index in [2.05, 4.69) is 0 Å². The van der Waals surface area contributed by atoms with E-state index in [0.717, 1.165) is 30.9 Å². The van der Waals surface area contributed by atoms with Crippen molar-refractivity contribution in [2.75, 3.05) is 0 Å². The standard InChI is InChI=1S/C12H11FO2/c13-11-7-9(12(14)15)5-6-10(11)8-3-1-2-4-8/h3,5-7H,1-2,4H2,(H,14,15). The molecule has 78 valence electrons. The van der Waals surface area contributed by atoms with Crippen molar-refractivity contribution in [3.63, 3.8) is 0 Å². The Balaban J connectivity index is 2.38. The molecule has 0 saturated heterocycles. The largest absolute Gasteiger partial charge is 0.478 e. The molecule has 0 bridgehead atoms. The summed E-state index contributed by atoms with van der Waals surface area (Å²) in [6.07, 6.45) is 4.92. The van der Waals surface area contributed by atoms with E-state index in [0.29, 0.717) is 5.56 Å². The van der Waals surface area contributed by atoms with E-state index in [4.69, 9.17) is 5.11 Å². The minimum absolute atomic E-state index is 0.00477. The van der Waals surface area contributed by atoms with Crippen LogP contribution in [0.4, 0.5) is 4.39 Å². The molecule has 2 rings (SSSR count). The van der Waals surface area contributed by atoms with E-state index >= 15 is 0 Å². The summed E-state index contributed by atoms with van der Waals surface area (Å²) >= 11 is 0. The maximum Gasteiger partial charge on any atom is 0.335 e. The van der Waals surface area contributed by atoms with Gasteiger partial charge in [-0.3, -0.25) is 0 Å². The minimum Gasteiger partial charge on any atom is -0.478 e. The predicted molar refractivity (Wildman–Crippen MR) is 55.2 cm³/mol. The molecule has 0 saturated carbocycles. The Morgan fingerprint density at radius 2 is 2.20 bits per heavy atom. The maximum absolute atomic E-state index is 13.6. The lowest BCUT2D eigenvalue weighted by Crippen LogP contribution is -1.98. The lowest BCUT2D eigenvalue weighted by atomic mass is 10.0. The molecule has 3 heteroatoms.